The highest BCUT2D eigenvalue weighted by Crippen LogP contribution is 2.44. The predicted octanol–water partition coefficient (Wildman–Crippen LogP) is 5.05. The van der Waals surface area contributed by atoms with Gasteiger partial charge in [-0.05, 0) is 42.0 Å². The fraction of sp³-hybridized carbons (Fsp3) is 0.273. The molecular formula is C22H21ClN2O. The zero-order valence-electron chi connectivity index (χ0n) is 14.5. The van der Waals surface area contributed by atoms with Crippen LogP contribution in [0.2, 0.25) is 0 Å². The highest BCUT2D eigenvalue weighted by atomic mass is 35.5. The van der Waals surface area contributed by atoms with Gasteiger partial charge in [-0.1, -0.05) is 60.7 Å². The maximum Gasteiger partial charge on any atom is 0.258 e. The summed E-state index contributed by atoms with van der Waals surface area (Å²) in [4.78, 5) is 12.5. The third-order valence-corrected chi connectivity index (χ3v) is 5.38. The molecule has 2 aliphatic rings. The van der Waals surface area contributed by atoms with Gasteiger partial charge in [0, 0.05) is 5.92 Å². The predicted molar refractivity (Wildman–Crippen MR) is 106 cm³/mol. The molecule has 1 amide bonds. The fourth-order valence-corrected chi connectivity index (χ4v) is 4.12. The van der Waals surface area contributed by atoms with Crippen LogP contribution in [0.4, 0.5) is 0 Å². The topological polar surface area (TPSA) is 32.7 Å². The van der Waals surface area contributed by atoms with Gasteiger partial charge in [-0.3, -0.25) is 4.79 Å². The van der Waals surface area contributed by atoms with Crippen molar-refractivity contribution < 1.29 is 4.79 Å². The molecule has 26 heavy (non-hydrogen) atoms. The number of fused-ring (bicyclic) bond motifs is 1. The first-order valence-electron chi connectivity index (χ1n) is 9.05. The zero-order valence-corrected chi connectivity index (χ0v) is 15.3. The smallest absolute Gasteiger partial charge is 0.258 e. The van der Waals surface area contributed by atoms with E-state index in [1.54, 1.807) is 5.01 Å². The standard InChI is InChI=1S/C22H21ClN2O/c23-15-20(26)25-22(17-10-5-2-6-11-17)19-13-7-12-18(21(19)24-25)14-16-8-3-1-4-9-16/h1-6,8-11,14,19,22H,7,12-13,15H2/b18-14+/t19-,22-/m1/s1. The number of amides is 1. The number of hydrazone groups is 1. The number of carbonyl (C=O) groups excluding carboxylic acids is 1. The SMILES string of the molecule is O=C(CCl)N1N=C2/C(=C/c3ccccc3)CCC[C@H]2[C@H]1c1ccccc1. The van der Waals surface area contributed by atoms with Gasteiger partial charge in [-0.25, -0.2) is 5.01 Å². The van der Waals surface area contributed by atoms with Gasteiger partial charge >= 0.3 is 0 Å². The van der Waals surface area contributed by atoms with Gasteiger partial charge < -0.3 is 0 Å². The van der Waals surface area contributed by atoms with Crippen LogP contribution >= 0.6 is 11.6 Å². The zero-order chi connectivity index (χ0) is 17.9. The van der Waals surface area contributed by atoms with Crippen molar-refractivity contribution in [1.29, 1.82) is 0 Å². The van der Waals surface area contributed by atoms with Gasteiger partial charge in [0.1, 0.15) is 5.88 Å². The van der Waals surface area contributed by atoms with Crippen LogP contribution < -0.4 is 0 Å². The molecule has 2 atom stereocenters. The number of hydrogen-bond acceptors (Lipinski definition) is 2. The summed E-state index contributed by atoms with van der Waals surface area (Å²) >= 11 is 5.87. The Morgan fingerprint density at radius 2 is 1.81 bits per heavy atom. The lowest BCUT2D eigenvalue weighted by molar-refractivity contribution is -0.130. The number of allylic oxidation sites excluding steroid dienone is 1. The molecule has 0 radical (unpaired) electrons. The van der Waals surface area contributed by atoms with Gasteiger partial charge in [0.25, 0.3) is 5.91 Å². The van der Waals surface area contributed by atoms with Crippen molar-refractivity contribution in [1.82, 2.24) is 5.01 Å². The van der Waals surface area contributed by atoms with E-state index in [1.165, 1.54) is 11.1 Å². The Hall–Kier alpha value is -2.39. The fourth-order valence-electron chi connectivity index (χ4n) is 4.00. The molecule has 2 aromatic carbocycles. The number of nitrogens with zero attached hydrogens (tertiary/aromatic N) is 2. The maximum absolute atomic E-state index is 12.5. The third-order valence-electron chi connectivity index (χ3n) is 5.15. The maximum atomic E-state index is 12.5. The minimum atomic E-state index is -0.138. The van der Waals surface area contributed by atoms with Crippen LogP contribution in [0.3, 0.4) is 0 Å². The summed E-state index contributed by atoms with van der Waals surface area (Å²) < 4.78 is 0. The van der Waals surface area contributed by atoms with Crippen LogP contribution in [0.25, 0.3) is 6.08 Å². The molecule has 4 heteroatoms. The Morgan fingerprint density at radius 1 is 1.12 bits per heavy atom. The second-order valence-electron chi connectivity index (χ2n) is 6.79. The number of carbonyl (C=O) groups is 1. The Morgan fingerprint density at radius 3 is 2.50 bits per heavy atom. The van der Waals surface area contributed by atoms with Crippen LogP contribution in [-0.2, 0) is 4.79 Å². The number of halogens is 1. The van der Waals surface area contributed by atoms with E-state index in [0.29, 0.717) is 0 Å². The lowest BCUT2D eigenvalue weighted by atomic mass is 9.77. The molecule has 2 aromatic rings. The third kappa shape index (κ3) is 3.19. The summed E-state index contributed by atoms with van der Waals surface area (Å²) in [7, 11) is 0. The number of benzene rings is 2. The molecule has 132 valence electrons. The minimum Gasteiger partial charge on any atom is -0.272 e. The summed E-state index contributed by atoms with van der Waals surface area (Å²) in [5.74, 6) is 0.0413. The molecule has 0 unspecified atom stereocenters. The summed E-state index contributed by atoms with van der Waals surface area (Å²) in [6.07, 6.45) is 5.35. The van der Waals surface area contributed by atoms with Gasteiger partial charge in [-0.15, -0.1) is 11.6 Å². The van der Waals surface area contributed by atoms with Crippen molar-refractivity contribution in [3.63, 3.8) is 0 Å². The molecule has 0 aromatic heterocycles. The van der Waals surface area contributed by atoms with Gasteiger partial charge in [0.15, 0.2) is 0 Å². The average Bonchev–Trinajstić information content (AvgIpc) is 3.09. The van der Waals surface area contributed by atoms with E-state index in [4.69, 9.17) is 16.7 Å². The van der Waals surface area contributed by atoms with Crippen LogP contribution in [0.5, 0.6) is 0 Å². The monoisotopic (exact) mass is 364 g/mol. The summed E-state index contributed by atoms with van der Waals surface area (Å²) in [6, 6.07) is 20.4. The number of alkyl halides is 1. The highest BCUT2D eigenvalue weighted by Gasteiger charge is 2.43. The summed E-state index contributed by atoms with van der Waals surface area (Å²) in [5.41, 5.74) is 4.57. The molecule has 1 aliphatic carbocycles. The molecule has 0 saturated heterocycles. The quantitative estimate of drug-likeness (QED) is 0.701. The minimum absolute atomic E-state index is 0.0510. The lowest BCUT2D eigenvalue weighted by Crippen LogP contribution is -2.32. The lowest BCUT2D eigenvalue weighted by Gasteiger charge is -2.29. The number of rotatable bonds is 3. The molecule has 1 aliphatic heterocycles. The van der Waals surface area contributed by atoms with Crippen molar-refractivity contribution in [2.45, 2.75) is 25.3 Å². The van der Waals surface area contributed by atoms with Crippen molar-refractivity contribution in [2.24, 2.45) is 11.0 Å². The molecule has 1 heterocycles. The van der Waals surface area contributed by atoms with Crippen LogP contribution in [0.1, 0.15) is 36.4 Å². The van der Waals surface area contributed by atoms with Crippen molar-refractivity contribution in [2.75, 3.05) is 5.88 Å². The largest absolute Gasteiger partial charge is 0.272 e. The molecule has 3 nitrogen and oxygen atoms in total. The molecule has 0 bridgehead atoms. The molecule has 1 fully saturated rings. The van der Waals surface area contributed by atoms with Crippen LogP contribution in [0, 0.1) is 5.92 Å². The Kier molecular flexibility index (Phi) is 4.89. The average molecular weight is 365 g/mol. The van der Waals surface area contributed by atoms with Crippen molar-refractivity contribution in [3.8, 4) is 0 Å². The first-order chi connectivity index (χ1) is 12.8. The van der Waals surface area contributed by atoms with Crippen molar-refractivity contribution in [3.05, 3.63) is 77.4 Å². The Bertz CT molecular complexity index is 845. The Labute approximate surface area is 159 Å². The van der Waals surface area contributed by atoms with E-state index < -0.39 is 0 Å². The highest BCUT2D eigenvalue weighted by molar-refractivity contribution is 6.27. The first-order valence-corrected chi connectivity index (χ1v) is 9.59. The van der Waals surface area contributed by atoms with E-state index in [9.17, 15) is 4.79 Å². The van der Waals surface area contributed by atoms with E-state index in [0.717, 1.165) is 30.5 Å². The Balaban J connectivity index is 1.74. The normalized spacial score (nSPS) is 23.7. The van der Waals surface area contributed by atoms with E-state index in [1.807, 2.05) is 36.4 Å². The number of hydrogen-bond donors (Lipinski definition) is 0. The molecule has 0 spiro atoms. The molecular weight excluding hydrogens is 344 g/mol. The van der Waals surface area contributed by atoms with E-state index >= 15 is 0 Å². The van der Waals surface area contributed by atoms with Crippen LogP contribution in [0.15, 0.2) is 71.3 Å². The van der Waals surface area contributed by atoms with Crippen molar-refractivity contribution >= 4 is 29.3 Å². The van der Waals surface area contributed by atoms with Gasteiger partial charge in [0.2, 0.25) is 0 Å². The van der Waals surface area contributed by atoms with E-state index in [2.05, 4.69) is 30.3 Å². The second kappa shape index (κ2) is 7.46. The summed E-state index contributed by atoms with van der Waals surface area (Å²) in [5, 5.41) is 6.38. The van der Waals surface area contributed by atoms with E-state index in [-0.39, 0.29) is 23.7 Å². The molecule has 1 saturated carbocycles. The first kappa shape index (κ1) is 17.0. The van der Waals surface area contributed by atoms with Gasteiger partial charge in [0.05, 0.1) is 11.8 Å². The second-order valence-corrected chi connectivity index (χ2v) is 7.06. The molecule has 0 N–H and O–H groups in total. The summed E-state index contributed by atoms with van der Waals surface area (Å²) in [6.45, 7) is 0. The van der Waals surface area contributed by atoms with Crippen LogP contribution in [-0.4, -0.2) is 22.5 Å². The molecule has 4 rings (SSSR count). The van der Waals surface area contributed by atoms with Gasteiger partial charge in [-0.2, -0.15) is 5.10 Å².